The monoisotopic (exact) mass is 428 g/mol. The molecule has 0 fully saturated rings. The number of benzene rings is 1. The van der Waals surface area contributed by atoms with Gasteiger partial charge in [0.25, 0.3) is 0 Å². The molecule has 0 radical (unpaired) electrons. The molecule has 0 aromatic heterocycles. The maximum absolute atomic E-state index is 12.7. The Kier molecular flexibility index (Phi) is 11.0. The van der Waals surface area contributed by atoms with E-state index in [9.17, 15) is 18.9 Å². The summed E-state index contributed by atoms with van der Waals surface area (Å²) in [4.78, 5) is 34.9. The summed E-state index contributed by atoms with van der Waals surface area (Å²) in [6, 6.07) is 9.08. The van der Waals surface area contributed by atoms with E-state index >= 15 is 0 Å². The molecular formula is C19H29N2O7P. The molecule has 0 bridgehead atoms. The lowest BCUT2D eigenvalue weighted by molar-refractivity contribution is -0.138. The van der Waals surface area contributed by atoms with Crippen molar-refractivity contribution >= 4 is 25.8 Å². The zero-order chi connectivity index (χ0) is 21.8. The number of methoxy groups -OCH3 is 1. The van der Waals surface area contributed by atoms with Crippen molar-refractivity contribution in [1.82, 2.24) is 10.6 Å². The number of carbonyl (C=O) groups is 3. The molecule has 1 rings (SSSR count). The molecule has 1 aromatic rings. The van der Waals surface area contributed by atoms with Gasteiger partial charge >= 0.3 is 12.1 Å². The minimum absolute atomic E-state index is 0.0221. The molecule has 3 atom stereocenters. The van der Waals surface area contributed by atoms with Crippen molar-refractivity contribution in [2.24, 2.45) is 11.8 Å². The van der Waals surface area contributed by atoms with E-state index in [4.69, 9.17) is 14.6 Å². The minimum Gasteiger partial charge on any atom is -0.480 e. The second-order valence-electron chi connectivity index (χ2n) is 6.93. The van der Waals surface area contributed by atoms with E-state index in [0.29, 0.717) is 6.42 Å². The fourth-order valence-electron chi connectivity index (χ4n) is 2.65. The second kappa shape index (κ2) is 13.0. The highest BCUT2D eigenvalue weighted by molar-refractivity contribution is 7.45. The molecule has 3 unspecified atom stereocenters. The average molecular weight is 428 g/mol. The average Bonchev–Trinajstić information content (AvgIpc) is 2.68. The van der Waals surface area contributed by atoms with Crippen molar-refractivity contribution in [3.8, 4) is 0 Å². The molecule has 0 spiro atoms. The van der Waals surface area contributed by atoms with E-state index in [0.717, 1.165) is 5.56 Å². The topological polar surface area (TPSA) is 131 Å². The molecule has 29 heavy (non-hydrogen) atoms. The van der Waals surface area contributed by atoms with Crippen LogP contribution in [0.4, 0.5) is 4.79 Å². The van der Waals surface area contributed by atoms with E-state index in [1.165, 1.54) is 7.11 Å². The number of rotatable bonds is 12. The highest BCUT2D eigenvalue weighted by atomic mass is 31.1. The minimum atomic E-state index is -2.57. The highest BCUT2D eigenvalue weighted by Gasteiger charge is 2.27. The van der Waals surface area contributed by atoms with Gasteiger partial charge < -0.3 is 24.5 Å². The first kappa shape index (κ1) is 24.7. The molecule has 3 N–H and O–H groups in total. The van der Waals surface area contributed by atoms with E-state index in [-0.39, 0.29) is 18.7 Å². The van der Waals surface area contributed by atoms with Crippen LogP contribution in [0.25, 0.3) is 0 Å². The van der Waals surface area contributed by atoms with Gasteiger partial charge in [-0.3, -0.25) is 14.9 Å². The molecule has 10 heteroatoms. The van der Waals surface area contributed by atoms with Gasteiger partial charge in [0.05, 0.1) is 0 Å². The number of carboxylic acids is 1. The summed E-state index contributed by atoms with van der Waals surface area (Å²) < 4.78 is 22.9. The van der Waals surface area contributed by atoms with Crippen LogP contribution in [0.1, 0.15) is 25.8 Å². The fourth-order valence-corrected chi connectivity index (χ4v) is 4.25. The van der Waals surface area contributed by atoms with Crippen molar-refractivity contribution in [3.63, 3.8) is 0 Å². The predicted octanol–water partition coefficient (Wildman–Crippen LogP) is 2.27. The van der Waals surface area contributed by atoms with E-state index in [2.05, 4.69) is 10.6 Å². The molecule has 0 aliphatic carbocycles. The van der Waals surface area contributed by atoms with Crippen LogP contribution in [-0.2, 0) is 30.2 Å². The van der Waals surface area contributed by atoms with Crippen LogP contribution >= 0.6 is 7.80 Å². The Morgan fingerprint density at radius 1 is 1.17 bits per heavy atom. The van der Waals surface area contributed by atoms with E-state index in [1.807, 2.05) is 32.0 Å². The zero-order valence-corrected chi connectivity index (χ0v) is 17.8. The van der Waals surface area contributed by atoms with Gasteiger partial charge in [-0.2, -0.15) is 0 Å². The van der Waals surface area contributed by atoms with Crippen molar-refractivity contribution in [2.45, 2.75) is 32.8 Å². The summed E-state index contributed by atoms with van der Waals surface area (Å²) in [6.07, 6.45) is -0.377. The van der Waals surface area contributed by atoms with Gasteiger partial charge in [0.15, 0.2) is 5.97 Å². The normalized spacial score (nSPS) is 13.9. The third-order valence-electron chi connectivity index (χ3n) is 3.98. The summed E-state index contributed by atoms with van der Waals surface area (Å²) in [5.74, 6) is -3.26. The quantitative estimate of drug-likeness (QED) is 0.344. The Bertz CT molecular complexity index is 697. The van der Waals surface area contributed by atoms with Gasteiger partial charge in [0.2, 0.25) is 5.91 Å². The fraction of sp³-hybridized carbons (Fsp3) is 0.526. The van der Waals surface area contributed by atoms with Gasteiger partial charge in [-0.15, -0.1) is 0 Å². The number of alkyl carbamates (subject to hydrolysis) is 1. The summed E-state index contributed by atoms with van der Waals surface area (Å²) in [7, 11) is -1.28. The van der Waals surface area contributed by atoms with E-state index in [1.54, 1.807) is 12.1 Å². The van der Waals surface area contributed by atoms with Crippen LogP contribution in [0.5, 0.6) is 0 Å². The maximum Gasteiger partial charge on any atom is 0.409 e. The summed E-state index contributed by atoms with van der Waals surface area (Å²) in [6.45, 7) is 3.35. The number of hydrogen-bond acceptors (Lipinski definition) is 6. The molecule has 0 heterocycles. The van der Waals surface area contributed by atoms with Crippen molar-refractivity contribution < 1.29 is 33.5 Å². The first-order valence-corrected chi connectivity index (χ1v) is 10.9. The Balaban J connectivity index is 2.63. The number of ether oxygens (including phenoxy) is 2. The SMILES string of the molecule is COC(NC(=O)OCc1ccccc1)[PH](=O)CC(CC(C)C)C(=O)NCC(=O)O. The molecule has 0 saturated heterocycles. The lowest BCUT2D eigenvalue weighted by atomic mass is 9.98. The zero-order valence-electron chi connectivity index (χ0n) is 16.8. The van der Waals surface area contributed by atoms with E-state index < -0.39 is 44.2 Å². The summed E-state index contributed by atoms with van der Waals surface area (Å²) >= 11 is 0. The van der Waals surface area contributed by atoms with Gasteiger partial charge in [0.1, 0.15) is 21.0 Å². The van der Waals surface area contributed by atoms with Crippen LogP contribution in [0, 0.1) is 11.8 Å². The van der Waals surface area contributed by atoms with Gasteiger partial charge in [-0.05, 0) is 17.9 Å². The number of carboxylic acid groups (broad SMARTS) is 1. The van der Waals surface area contributed by atoms with Crippen molar-refractivity contribution in [1.29, 1.82) is 0 Å². The molecule has 162 valence electrons. The number of aliphatic carboxylic acids is 1. The maximum atomic E-state index is 12.7. The van der Waals surface area contributed by atoms with Crippen LogP contribution in [0.15, 0.2) is 30.3 Å². The summed E-state index contributed by atoms with van der Waals surface area (Å²) in [5.41, 5.74) is 0.802. The first-order valence-electron chi connectivity index (χ1n) is 9.25. The number of carbonyl (C=O) groups excluding carboxylic acids is 2. The standard InChI is InChI=1S/C19H29N2O7P/c1-13(2)9-15(17(24)20-10-16(22)23)12-29(26)19(27-3)21-18(25)28-11-14-7-5-4-6-8-14/h4-8,13,15,19,29H,9-12H2,1-3H3,(H,20,24)(H,21,25)(H,22,23). The highest BCUT2D eigenvalue weighted by Crippen LogP contribution is 2.32. The van der Waals surface area contributed by atoms with Gasteiger partial charge in [-0.25, -0.2) is 4.79 Å². The Labute approximate surface area is 170 Å². The lowest BCUT2D eigenvalue weighted by Gasteiger charge is -2.22. The molecule has 0 aliphatic heterocycles. The molecule has 0 aliphatic rings. The predicted molar refractivity (Wildman–Crippen MR) is 108 cm³/mol. The third kappa shape index (κ3) is 10.1. The van der Waals surface area contributed by atoms with Crippen molar-refractivity contribution in [2.75, 3.05) is 19.8 Å². The summed E-state index contributed by atoms with van der Waals surface area (Å²) in [5, 5.41) is 13.4. The molecule has 0 saturated carbocycles. The molecular weight excluding hydrogens is 399 g/mol. The third-order valence-corrected chi connectivity index (χ3v) is 5.84. The Hall–Kier alpha value is -2.38. The van der Waals surface area contributed by atoms with Gasteiger partial charge in [0, 0.05) is 19.2 Å². The Morgan fingerprint density at radius 2 is 1.83 bits per heavy atom. The number of hydrogen-bond donors (Lipinski definition) is 3. The number of nitrogens with one attached hydrogen (secondary N) is 2. The van der Waals surface area contributed by atoms with Crippen LogP contribution in [-0.4, -0.2) is 48.9 Å². The first-order chi connectivity index (χ1) is 13.7. The largest absolute Gasteiger partial charge is 0.480 e. The Morgan fingerprint density at radius 3 is 2.38 bits per heavy atom. The second-order valence-corrected chi connectivity index (χ2v) is 8.80. The smallest absolute Gasteiger partial charge is 0.409 e. The van der Waals surface area contributed by atoms with Crippen LogP contribution in [0.2, 0.25) is 0 Å². The lowest BCUT2D eigenvalue weighted by Crippen LogP contribution is -2.38. The number of amides is 2. The molecule has 1 aromatic carbocycles. The van der Waals surface area contributed by atoms with Crippen LogP contribution in [0.3, 0.4) is 0 Å². The molecule has 9 nitrogen and oxygen atoms in total. The van der Waals surface area contributed by atoms with Crippen LogP contribution < -0.4 is 10.6 Å². The molecule has 2 amide bonds. The van der Waals surface area contributed by atoms with Gasteiger partial charge in [-0.1, -0.05) is 44.2 Å². The van der Waals surface area contributed by atoms with Crippen molar-refractivity contribution in [3.05, 3.63) is 35.9 Å².